The van der Waals surface area contributed by atoms with Crippen molar-refractivity contribution in [2.75, 3.05) is 18.0 Å². The molecule has 1 atom stereocenters. The molecule has 1 aromatic rings. The highest BCUT2D eigenvalue weighted by Crippen LogP contribution is 2.35. The molecular weight excluding hydrogens is 246 g/mol. The van der Waals surface area contributed by atoms with E-state index in [-0.39, 0.29) is 0 Å². The Hall–Kier alpha value is -1.09. The maximum atomic E-state index is 5.78. The van der Waals surface area contributed by atoms with E-state index in [1.807, 2.05) is 0 Å². The molecule has 1 fully saturated rings. The third-order valence-electron chi connectivity index (χ3n) is 4.51. The molecule has 0 spiro atoms. The number of nitrogens with zero attached hydrogens (tertiary/aromatic N) is 2. The van der Waals surface area contributed by atoms with Crippen LogP contribution in [0.5, 0.6) is 0 Å². The minimum atomic E-state index is 0.415. The molecule has 2 rings (SSSR count). The topological polar surface area (TPSA) is 42.1 Å². The molecule has 0 aromatic carbocycles. The number of rotatable bonds is 2. The van der Waals surface area contributed by atoms with Crippen molar-refractivity contribution in [1.29, 1.82) is 0 Å². The zero-order chi connectivity index (χ0) is 14.8. The minimum absolute atomic E-state index is 0.415. The second-order valence-electron chi connectivity index (χ2n) is 7.16. The predicted octanol–water partition coefficient (Wildman–Crippen LogP) is 3.50. The predicted molar refractivity (Wildman–Crippen MR) is 85.9 cm³/mol. The van der Waals surface area contributed by atoms with Gasteiger partial charge in [0.15, 0.2) is 0 Å². The van der Waals surface area contributed by atoms with Crippen LogP contribution in [0.15, 0.2) is 12.1 Å². The van der Waals surface area contributed by atoms with Crippen LogP contribution in [-0.4, -0.2) is 18.1 Å². The molecule has 0 radical (unpaired) electrons. The Kier molecular flexibility index (Phi) is 4.69. The van der Waals surface area contributed by atoms with E-state index in [9.17, 15) is 0 Å². The fraction of sp³-hybridized carbons (Fsp3) is 0.706. The second kappa shape index (κ2) is 6.13. The Morgan fingerprint density at radius 3 is 2.65 bits per heavy atom. The van der Waals surface area contributed by atoms with Crippen LogP contribution < -0.4 is 10.6 Å². The lowest BCUT2D eigenvalue weighted by molar-refractivity contribution is 0.220. The molecule has 0 bridgehead atoms. The standard InChI is InChI=1S/C17H29N3/c1-13-10-14(12-18)11-16(19-13)20-8-5-6-15(7-9-20)17(2,3)4/h10-11,15H,5-9,12,18H2,1-4H3. The van der Waals surface area contributed by atoms with Crippen molar-refractivity contribution in [3.63, 3.8) is 0 Å². The molecule has 2 N–H and O–H groups in total. The first kappa shape index (κ1) is 15.3. The van der Waals surface area contributed by atoms with Crippen LogP contribution in [0.1, 0.15) is 51.3 Å². The molecule has 112 valence electrons. The number of pyridine rings is 1. The van der Waals surface area contributed by atoms with Crippen molar-refractivity contribution in [3.05, 3.63) is 23.4 Å². The molecule has 0 amide bonds. The zero-order valence-electron chi connectivity index (χ0n) is 13.4. The zero-order valence-corrected chi connectivity index (χ0v) is 13.4. The molecular formula is C17H29N3. The first-order chi connectivity index (χ1) is 9.40. The van der Waals surface area contributed by atoms with Crippen LogP contribution in [0.25, 0.3) is 0 Å². The van der Waals surface area contributed by atoms with Gasteiger partial charge in [-0.05, 0) is 55.2 Å². The fourth-order valence-corrected chi connectivity index (χ4v) is 3.19. The molecule has 1 aromatic heterocycles. The Labute approximate surface area is 123 Å². The van der Waals surface area contributed by atoms with Crippen LogP contribution in [0.4, 0.5) is 5.82 Å². The van der Waals surface area contributed by atoms with Crippen molar-refractivity contribution in [3.8, 4) is 0 Å². The molecule has 1 saturated heterocycles. The molecule has 20 heavy (non-hydrogen) atoms. The van der Waals surface area contributed by atoms with Gasteiger partial charge in [0.05, 0.1) is 0 Å². The first-order valence-corrected chi connectivity index (χ1v) is 7.82. The van der Waals surface area contributed by atoms with E-state index in [4.69, 9.17) is 10.7 Å². The van der Waals surface area contributed by atoms with Gasteiger partial charge in [-0.1, -0.05) is 20.8 Å². The van der Waals surface area contributed by atoms with E-state index in [1.54, 1.807) is 0 Å². The molecule has 0 aliphatic carbocycles. The van der Waals surface area contributed by atoms with Crippen molar-refractivity contribution in [1.82, 2.24) is 4.98 Å². The largest absolute Gasteiger partial charge is 0.357 e. The van der Waals surface area contributed by atoms with Crippen LogP contribution in [0.2, 0.25) is 0 Å². The highest BCUT2D eigenvalue weighted by Gasteiger charge is 2.27. The highest BCUT2D eigenvalue weighted by molar-refractivity contribution is 5.42. The van der Waals surface area contributed by atoms with Gasteiger partial charge in [0.25, 0.3) is 0 Å². The SMILES string of the molecule is Cc1cc(CN)cc(N2CCCC(C(C)(C)C)CC2)n1. The summed E-state index contributed by atoms with van der Waals surface area (Å²) in [4.78, 5) is 7.15. The van der Waals surface area contributed by atoms with E-state index >= 15 is 0 Å². The van der Waals surface area contributed by atoms with E-state index < -0.39 is 0 Å². The summed E-state index contributed by atoms with van der Waals surface area (Å²) in [6.07, 6.45) is 3.85. The summed E-state index contributed by atoms with van der Waals surface area (Å²) in [5.41, 5.74) is 8.45. The van der Waals surface area contributed by atoms with Gasteiger partial charge in [-0.25, -0.2) is 4.98 Å². The quantitative estimate of drug-likeness (QED) is 0.898. The van der Waals surface area contributed by atoms with E-state index in [0.29, 0.717) is 12.0 Å². The summed E-state index contributed by atoms with van der Waals surface area (Å²) in [7, 11) is 0. The second-order valence-corrected chi connectivity index (χ2v) is 7.16. The molecule has 0 saturated carbocycles. The van der Waals surface area contributed by atoms with Gasteiger partial charge in [0.1, 0.15) is 5.82 Å². The lowest BCUT2D eigenvalue weighted by Gasteiger charge is -2.30. The molecule has 1 aliphatic heterocycles. The molecule has 1 aliphatic rings. The number of anilines is 1. The molecule has 3 heteroatoms. The Morgan fingerprint density at radius 1 is 1.25 bits per heavy atom. The average molecular weight is 275 g/mol. The highest BCUT2D eigenvalue weighted by atomic mass is 15.2. The molecule has 1 unspecified atom stereocenters. The maximum Gasteiger partial charge on any atom is 0.129 e. The van der Waals surface area contributed by atoms with Gasteiger partial charge in [-0.15, -0.1) is 0 Å². The normalized spacial score (nSPS) is 20.9. The average Bonchev–Trinajstić information content (AvgIpc) is 2.63. The van der Waals surface area contributed by atoms with Crippen molar-refractivity contribution < 1.29 is 0 Å². The number of aryl methyl sites for hydroxylation is 1. The summed E-state index contributed by atoms with van der Waals surface area (Å²) in [6, 6.07) is 4.24. The van der Waals surface area contributed by atoms with Crippen molar-refractivity contribution >= 4 is 5.82 Å². The van der Waals surface area contributed by atoms with Crippen LogP contribution in [0, 0.1) is 18.3 Å². The Balaban J connectivity index is 2.12. The molecule has 2 heterocycles. The molecule has 3 nitrogen and oxygen atoms in total. The van der Waals surface area contributed by atoms with E-state index in [0.717, 1.165) is 30.5 Å². The number of hydrogen-bond donors (Lipinski definition) is 1. The van der Waals surface area contributed by atoms with E-state index in [2.05, 4.69) is 44.7 Å². The Morgan fingerprint density at radius 2 is 2.00 bits per heavy atom. The smallest absolute Gasteiger partial charge is 0.129 e. The first-order valence-electron chi connectivity index (χ1n) is 7.82. The van der Waals surface area contributed by atoms with Gasteiger partial charge >= 0.3 is 0 Å². The Bertz CT molecular complexity index is 448. The van der Waals surface area contributed by atoms with E-state index in [1.165, 1.54) is 24.8 Å². The number of hydrogen-bond acceptors (Lipinski definition) is 3. The monoisotopic (exact) mass is 275 g/mol. The third-order valence-corrected chi connectivity index (χ3v) is 4.51. The van der Waals surface area contributed by atoms with Gasteiger partial charge in [0, 0.05) is 25.3 Å². The maximum absolute atomic E-state index is 5.78. The van der Waals surface area contributed by atoms with Crippen molar-refractivity contribution in [2.24, 2.45) is 17.1 Å². The van der Waals surface area contributed by atoms with Gasteiger partial charge in [0.2, 0.25) is 0 Å². The summed E-state index contributed by atoms with van der Waals surface area (Å²) >= 11 is 0. The van der Waals surface area contributed by atoms with Gasteiger partial charge in [-0.2, -0.15) is 0 Å². The van der Waals surface area contributed by atoms with Crippen LogP contribution >= 0.6 is 0 Å². The lowest BCUT2D eigenvalue weighted by atomic mass is 9.77. The van der Waals surface area contributed by atoms with Crippen LogP contribution in [0.3, 0.4) is 0 Å². The summed E-state index contributed by atoms with van der Waals surface area (Å²) in [5, 5.41) is 0. The third kappa shape index (κ3) is 3.72. The fourth-order valence-electron chi connectivity index (χ4n) is 3.19. The lowest BCUT2D eigenvalue weighted by Crippen LogP contribution is -2.27. The van der Waals surface area contributed by atoms with Crippen molar-refractivity contribution in [2.45, 2.75) is 53.5 Å². The minimum Gasteiger partial charge on any atom is -0.357 e. The van der Waals surface area contributed by atoms with Crippen LogP contribution in [-0.2, 0) is 6.54 Å². The summed E-state index contributed by atoms with van der Waals surface area (Å²) in [6.45, 7) is 12.0. The summed E-state index contributed by atoms with van der Waals surface area (Å²) < 4.78 is 0. The number of nitrogens with two attached hydrogens (primary N) is 1. The van der Waals surface area contributed by atoms with Gasteiger partial charge < -0.3 is 10.6 Å². The van der Waals surface area contributed by atoms with Gasteiger partial charge in [-0.3, -0.25) is 0 Å². The summed E-state index contributed by atoms with van der Waals surface area (Å²) in [5.74, 6) is 1.92. The number of aromatic nitrogens is 1.